The number of nitrogens with zero attached hydrogens (tertiary/aromatic N) is 2. The predicted molar refractivity (Wildman–Crippen MR) is 89.9 cm³/mol. The van der Waals surface area contributed by atoms with Crippen LogP contribution in [0.5, 0.6) is 0 Å². The molecule has 7 heteroatoms. The summed E-state index contributed by atoms with van der Waals surface area (Å²) in [6.07, 6.45) is 2.37. The predicted octanol–water partition coefficient (Wildman–Crippen LogP) is 2.78. The lowest BCUT2D eigenvalue weighted by Crippen LogP contribution is -2.30. The van der Waals surface area contributed by atoms with Crippen molar-refractivity contribution >= 4 is 17.6 Å². The Bertz CT molecular complexity index is 876. The molecule has 25 heavy (non-hydrogen) atoms. The van der Waals surface area contributed by atoms with Gasteiger partial charge in [-0.25, -0.2) is 9.31 Å². The van der Waals surface area contributed by atoms with Crippen LogP contribution >= 0.6 is 0 Å². The number of alkyl carbamates (subject to hydrolysis) is 1. The highest BCUT2D eigenvalue weighted by molar-refractivity contribution is 5.73. The van der Waals surface area contributed by atoms with Crippen LogP contribution in [0, 0.1) is 0 Å². The number of carbonyl (C=O) groups excluding carboxylic acids is 1. The van der Waals surface area contributed by atoms with Gasteiger partial charge in [-0.2, -0.15) is 5.10 Å². The molecule has 0 saturated carbocycles. The van der Waals surface area contributed by atoms with Gasteiger partial charge in [0.25, 0.3) is 0 Å². The second-order valence-corrected chi connectivity index (χ2v) is 5.49. The van der Waals surface area contributed by atoms with Crippen molar-refractivity contribution in [3.05, 3.63) is 72.1 Å². The van der Waals surface area contributed by atoms with Crippen molar-refractivity contribution in [3.8, 4) is 0 Å². The molecule has 0 aliphatic carbocycles. The van der Waals surface area contributed by atoms with E-state index in [0.717, 1.165) is 11.1 Å². The van der Waals surface area contributed by atoms with Crippen LogP contribution in [0.25, 0.3) is 5.52 Å². The fourth-order valence-corrected chi connectivity index (χ4v) is 2.54. The SMILES string of the molecule is O=C(O)C[C@@H](NC(=O)OCc1ccccc1)c1cnn2ccccc12. The summed E-state index contributed by atoms with van der Waals surface area (Å²) in [5.74, 6) is -1.02. The van der Waals surface area contributed by atoms with Gasteiger partial charge >= 0.3 is 12.1 Å². The van der Waals surface area contributed by atoms with E-state index in [4.69, 9.17) is 9.84 Å². The molecular formula is C18H17N3O4. The van der Waals surface area contributed by atoms with E-state index in [-0.39, 0.29) is 13.0 Å². The monoisotopic (exact) mass is 339 g/mol. The number of amides is 1. The Balaban J connectivity index is 1.72. The second kappa shape index (κ2) is 7.48. The molecule has 0 spiro atoms. The minimum Gasteiger partial charge on any atom is -0.481 e. The average Bonchev–Trinajstić information content (AvgIpc) is 3.04. The second-order valence-electron chi connectivity index (χ2n) is 5.49. The number of benzene rings is 1. The molecule has 0 unspecified atom stereocenters. The summed E-state index contributed by atoms with van der Waals surface area (Å²) in [6.45, 7) is 0.112. The van der Waals surface area contributed by atoms with E-state index in [2.05, 4.69) is 10.4 Å². The lowest BCUT2D eigenvalue weighted by atomic mass is 10.1. The quantitative estimate of drug-likeness (QED) is 0.720. The zero-order valence-electron chi connectivity index (χ0n) is 13.3. The van der Waals surface area contributed by atoms with Crippen molar-refractivity contribution in [3.63, 3.8) is 0 Å². The van der Waals surface area contributed by atoms with Gasteiger partial charge in [0.1, 0.15) is 6.61 Å². The lowest BCUT2D eigenvalue weighted by molar-refractivity contribution is -0.137. The number of nitrogens with one attached hydrogen (secondary N) is 1. The van der Waals surface area contributed by atoms with Crippen LogP contribution in [0.15, 0.2) is 60.9 Å². The molecule has 0 saturated heterocycles. The number of carboxylic acid groups (broad SMARTS) is 1. The number of ether oxygens (including phenoxy) is 1. The zero-order valence-corrected chi connectivity index (χ0v) is 13.3. The van der Waals surface area contributed by atoms with Crippen molar-refractivity contribution in [2.45, 2.75) is 19.1 Å². The Morgan fingerprint density at radius 3 is 2.68 bits per heavy atom. The summed E-state index contributed by atoms with van der Waals surface area (Å²) in [6, 6.07) is 14.0. The van der Waals surface area contributed by atoms with Gasteiger partial charge in [-0.3, -0.25) is 4.79 Å². The average molecular weight is 339 g/mol. The largest absolute Gasteiger partial charge is 0.481 e. The van der Waals surface area contributed by atoms with Crippen LogP contribution in [0.1, 0.15) is 23.6 Å². The number of hydrogen-bond donors (Lipinski definition) is 2. The first-order valence-corrected chi connectivity index (χ1v) is 7.75. The van der Waals surface area contributed by atoms with Gasteiger partial charge in [-0.15, -0.1) is 0 Å². The Hall–Kier alpha value is -3.35. The highest BCUT2D eigenvalue weighted by Gasteiger charge is 2.22. The van der Waals surface area contributed by atoms with Crippen molar-refractivity contribution in [1.82, 2.24) is 14.9 Å². The molecule has 3 aromatic rings. The van der Waals surface area contributed by atoms with Gasteiger partial charge in [-0.1, -0.05) is 36.4 Å². The first-order valence-electron chi connectivity index (χ1n) is 7.75. The molecule has 0 radical (unpaired) electrons. The van der Waals surface area contributed by atoms with Crippen molar-refractivity contribution in [1.29, 1.82) is 0 Å². The third-order valence-electron chi connectivity index (χ3n) is 3.72. The Kier molecular flexibility index (Phi) is 4.94. The molecule has 1 atom stereocenters. The molecule has 7 nitrogen and oxygen atoms in total. The summed E-state index contributed by atoms with van der Waals surface area (Å²) in [5.41, 5.74) is 2.21. The number of aliphatic carboxylic acids is 1. The molecule has 2 aromatic heterocycles. The standard InChI is InChI=1S/C18H17N3O4/c22-17(23)10-15(14-11-19-21-9-5-4-8-16(14)21)20-18(24)25-12-13-6-2-1-3-7-13/h1-9,11,15H,10,12H2,(H,20,24)(H,22,23)/t15-/m1/s1. The van der Waals surface area contributed by atoms with Gasteiger partial charge in [0.15, 0.2) is 0 Å². The van der Waals surface area contributed by atoms with Crippen LogP contribution in [0.3, 0.4) is 0 Å². The van der Waals surface area contributed by atoms with E-state index in [1.807, 2.05) is 48.5 Å². The van der Waals surface area contributed by atoms with Gasteiger partial charge in [0.2, 0.25) is 0 Å². The maximum Gasteiger partial charge on any atom is 0.407 e. The number of fused-ring (bicyclic) bond motifs is 1. The smallest absolute Gasteiger partial charge is 0.407 e. The Morgan fingerprint density at radius 1 is 1.16 bits per heavy atom. The molecule has 0 fully saturated rings. The normalized spacial score (nSPS) is 11.8. The summed E-state index contributed by atoms with van der Waals surface area (Å²) >= 11 is 0. The molecule has 0 aliphatic rings. The molecule has 128 valence electrons. The highest BCUT2D eigenvalue weighted by atomic mass is 16.5. The van der Waals surface area contributed by atoms with Crippen LogP contribution in [-0.2, 0) is 16.1 Å². The number of pyridine rings is 1. The van der Waals surface area contributed by atoms with Crippen LogP contribution in [-0.4, -0.2) is 26.8 Å². The molecule has 3 rings (SSSR count). The lowest BCUT2D eigenvalue weighted by Gasteiger charge is -2.16. The maximum absolute atomic E-state index is 12.1. The summed E-state index contributed by atoms with van der Waals surface area (Å²) in [5, 5.41) is 16.0. The van der Waals surface area contributed by atoms with Crippen LogP contribution in [0.4, 0.5) is 4.79 Å². The minimum absolute atomic E-state index is 0.112. The van der Waals surface area contributed by atoms with Crippen molar-refractivity contribution < 1.29 is 19.4 Å². The minimum atomic E-state index is -1.02. The molecular weight excluding hydrogens is 322 g/mol. The van der Waals surface area contributed by atoms with Gasteiger partial charge < -0.3 is 15.2 Å². The van der Waals surface area contributed by atoms with Crippen LogP contribution in [0.2, 0.25) is 0 Å². The van der Waals surface area contributed by atoms with Gasteiger partial charge in [0.05, 0.1) is 24.2 Å². The van der Waals surface area contributed by atoms with Crippen LogP contribution < -0.4 is 5.32 Å². The Morgan fingerprint density at radius 2 is 1.92 bits per heavy atom. The van der Waals surface area contributed by atoms with Gasteiger partial charge in [-0.05, 0) is 17.7 Å². The van der Waals surface area contributed by atoms with Crippen molar-refractivity contribution in [2.24, 2.45) is 0 Å². The molecule has 0 aliphatic heterocycles. The maximum atomic E-state index is 12.1. The van der Waals surface area contributed by atoms with E-state index >= 15 is 0 Å². The fourth-order valence-electron chi connectivity index (χ4n) is 2.54. The van der Waals surface area contributed by atoms with E-state index in [1.54, 1.807) is 16.9 Å². The molecule has 2 N–H and O–H groups in total. The molecule has 1 amide bonds. The number of carbonyl (C=O) groups is 2. The summed E-state index contributed by atoms with van der Waals surface area (Å²) in [7, 11) is 0. The molecule has 1 aromatic carbocycles. The highest BCUT2D eigenvalue weighted by Crippen LogP contribution is 2.22. The first kappa shape index (κ1) is 16.5. The fraction of sp³-hybridized carbons (Fsp3) is 0.167. The van der Waals surface area contributed by atoms with E-state index < -0.39 is 18.1 Å². The van der Waals surface area contributed by atoms with E-state index in [1.165, 1.54) is 0 Å². The number of carboxylic acids is 1. The molecule has 0 bridgehead atoms. The van der Waals surface area contributed by atoms with E-state index in [9.17, 15) is 9.59 Å². The molecule has 2 heterocycles. The summed E-state index contributed by atoms with van der Waals surface area (Å²) in [4.78, 5) is 23.3. The summed E-state index contributed by atoms with van der Waals surface area (Å²) < 4.78 is 6.81. The number of rotatable bonds is 6. The first-order chi connectivity index (χ1) is 12.1. The number of aromatic nitrogens is 2. The third kappa shape index (κ3) is 4.14. The third-order valence-corrected chi connectivity index (χ3v) is 3.72. The Labute approximate surface area is 143 Å². The number of hydrogen-bond acceptors (Lipinski definition) is 4. The topological polar surface area (TPSA) is 92.9 Å². The zero-order chi connectivity index (χ0) is 17.6. The van der Waals surface area contributed by atoms with Crippen molar-refractivity contribution in [2.75, 3.05) is 0 Å². The van der Waals surface area contributed by atoms with Gasteiger partial charge in [0, 0.05) is 11.8 Å². The van der Waals surface area contributed by atoms with E-state index in [0.29, 0.717) is 5.56 Å².